The molecule has 15 heavy (non-hydrogen) atoms. The lowest BCUT2D eigenvalue weighted by Gasteiger charge is -2.37. The van der Waals surface area contributed by atoms with Gasteiger partial charge in [0.25, 0.3) is 5.91 Å². The van der Waals surface area contributed by atoms with E-state index in [0.717, 1.165) is 0 Å². The number of rotatable bonds is 3. The highest BCUT2D eigenvalue weighted by Crippen LogP contribution is 2.06. The molecule has 0 aliphatic carbocycles. The fourth-order valence-corrected chi connectivity index (χ4v) is 1.56. The fraction of sp³-hybridized carbons (Fsp3) is 0.778. The van der Waals surface area contributed by atoms with Crippen molar-refractivity contribution in [3.05, 3.63) is 0 Å². The molecule has 0 spiro atoms. The number of nitrogens with one attached hydrogen (secondary N) is 3. The first-order valence-corrected chi connectivity index (χ1v) is 5.02. The number of hydrogen-bond donors (Lipinski definition) is 3. The molecule has 0 bridgehead atoms. The van der Waals surface area contributed by atoms with Gasteiger partial charge in [0, 0.05) is 19.6 Å². The Labute approximate surface area is 89.4 Å². The lowest BCUT2D eigenvalue weighted by molar-refractivity contribution is -0.142. The molecule has 3 N–H and O–H groups in total. The van der Waals surface area contributed by atoms with Crippen molar-refractivity contribution in [2.75, 3.05) is 27.2 Å². The first-order chi connectivity index (χ1) is 7.10. The van der Waals surface area contributed by atoms with E-state index in [1.807, 2.05) is 6.92 Å². The number of likely N-dealkylation sites (N-methyl/N-ethyl adjacent to an activating group) is 2. The van der Waals surface area contributed by atoms with Gasteiger partial charge in [-0.05, 0) is 14.0 Å². The van der Waals surface area contributed by atoms with Crippen LogP contribution in [0.4, 0.5) is 0 Å². The van der Waals surface area contributed by atoms with Crippen molar-refractivity contribution in [1.82, 2.24) is 20.9 Å². The SMILES string of the molecule is CNC(=O)CN1C(=O)C(NC)NCC1C. The molecule has 0 radical (unpaired) electrons. The third kappa shape index (κ3) is 2.66. The number of piperazine rings is 1. The van der Waals surface area contributed by atoms with E-state index in [1.165, 1.54) is 0 Å². The second kappa shape index (κ2) is 5.09. The summed E-state index contributed by atoms with van der Waals surface area (Å²) in [5.74, 6) is -0.230. The second-order valence-electron chi connectivity index (χ2n) is 3.62. The zero-order chi connectivity index (χ0) is 11.4. The van der Waals surface area contributed by atoms with Crippen molar-refractivity contribution in [3.8, 4) is 0 Å². The average molecular weight is 214 g/mol. The van der Waals surface area contributed by atoms with Crippen LogP contribution in [0.5, 0.6) is 0 Å². The van der Waals surface area contributed by atoms with Crippen LogP contribution >= 0.6 is 0 Å². The van der Waals surface area contributed by atoms with E-state index in [1.54, 1.807) is 19.0 Å². The zero-order valence-electron chi connectivity index (χ0n) is 9.33. The van der Waals surface area contributed by atoms with Crippen LogP contribution in [0.3, 0.4) is 0 Å². The maximum atomic E-state index is 11.8. The molecule has 2 atom stereocenters. The van der Waals surface area contributed by atoms with E-state index < -0.39 is 0 Å². The molecule has 0 aromatic rings. The van der Waals surface area contributed by atoms with Gasteiger partial charge in [-0.15, -0.1) is 0 Å². The number of carbonyl (C=O) groups is 2. The fourth-order valence-electron chi connectivity index (χ4n) is 1.56. The lowest BCUT2D eigenvalue weighted by atomic mass is 10.2. The molecule has 6 nitrogen and oxygen atoms in total. The summed E-state index contributed by atoms with van der Waals surface area (Å²) in [5.41, 5.74) is 0. The van der Waals surface area contributed by atoms with Crippen LogP contribution < -0.4 is 16.0 Å². The van der Waals surface area contributed by atoms with Crippen molar-refractivity contribution < 1.29 is 9.59 Å². The topological polar surface area (TPSA) is 73.5 Å². The molecule has 6 heteroatoms. The zero-order valence-corrected chi connectivity index (χ0v) is 9.33. The standard InChI is InChI=1S/C9H18N4O2/c1-6-4-12-8(11-3)9(15)13(6)5-7(14)10-2/h6,8,11-12H,4-5H2,1-3H3,(H,10,14). The summed E-state index contributed by atoms with van der Waals surface area (Å²) in [6, 6.07) is 0.0411. The summed E-state index contributed by atoms with van der Waals surface area (Å²) >= 11 is 0. The van der Waals surface area contributed by atoms with Gasteiger partial charge >= 0.3 is 0 Å². The lowest BCUT2D eigenvalue weighted by Crippen LogP contribution is -2.64. The summed E-state index contributed by atoms with van der Waals surface area (Å²) < 4.78 is 0. The Morgan fingerprint density at radius 2 is 2.27 bits per heavy atom. The van der Waals surface area contributed by atoms with E-state index in [2.05, 4.69) is 16.0 Å². The van der Waals surface area contributed by atoms with E-state index in [0.29, 0.717) is 6.54 Å². The van der Waals surface area contributed by atoms with Crippen LogP contribution in [0.1, 0.15) is 6.92 Å². The summed E-state index contributed by atoms with van der Waals surface area (Å²) in [4.78, 5) is 24.6. The van der Waals surface area contributed by atoms with Gasteiger partial charge in [0.05, 0.1) is 6.54 Å². The van der Waals surface area contributed by atoms with Crippen molar-refractivity contribution >= 4 is 11.8 Å². The largest absolute Gasteiger partial charge is 0.358 e. The normalized spacial score (nSPS) is 26.6. The van der Waals surface area contributed by atoms with Crippen molar-refractivity contribution in [3.63, 3.8) is 0 Å². The molecule has 2 unspecified atom stereocenters. The molecular formula is C9H18N4O2. The number of hydrogen-bond acceptors (Lipinski definition) is 4. The van der Waals surface area contributed by atoms with Crippen LogP contribution in [0.2, 0.25) is 0 Å². The van der Waals surface area contributed by atoms with Crippen molar-refractivity contribution in [2.24, 2.45) is 0 Å². The van der Waals surface area contributed by atoms with Gasteiger partial charge in [-0.2, -0.15) is 0 Å². The Hall–Kier alpha value is -1.14. The molecular weight excluding hydrogens is 196 g/mol. The van der Waals surface area contributed by atoms with Crippen LogP contribution in [0.15, 0.2) is 0 Å². The number of amides is 2. The predicted molar refractivity (Wildman–Crippen MR) is 56.1 cm³/mol. The van der Waals surface area contributed by atoms with Crippen LogP contribution in [-0.4, -0.2) is 56.1 Å². The Kier molecular flexibility index (Phi) is 4.05. The minimum Gasteiger partial charge on any atom is -0.358 e. The average Bonchev–Trinajstić information content (AvgIpc) is 2.24. The van der Waals surface area contributed by atoms with E-state index in [4.69, 9.17) is 0 Å². The molecule has 1 saturated heterocycles. The summed E-state index contributed by atoms with van der Waals surface area (Å²) in [7, 11) is 3.28. The quantitative estimate of drug-likeness (QED) is 0.513. The Morgan fingerprint density at radius 1 is 1.60 bits per heavy atom. The van der Waals surface area contributed by atoms with E-state index in [-0.39, 0.29) is 30.6 Å². The molecule has 0 saturated carbocycles. The van der Waals surface area contributed by atoms with Gasteiger partial charge in [0.15, 0.2) is 0 Å². The second-order valence-corrected chi connectivity index (χ2v) is 3.62. The molecule has 86 valence electrons. The van der Waals surface area contributed by atoms with Gasteiger partial charge in [0.1, 0.15) is 6.17 Å². The Morgan fingerprint density at radius 3 is 2.80 bits per heavy atom. The van der Waals surface area contributed by atoms with Crippen molar-refractivity contribution in [2.45, 2.75) is 19.1 Å². The van der Waals surface area contributed by atoms with Crippen LogP contribution in [0, 0.1) is 0 Å². The molecule has 0 aromatic heterocycles. The maximum absolute atomic E-state index is 11.8. The van der Waals surface area contributed by atoms with Gasteiger partial charge in [-0.25, -0.2) is 0 Å². The third-order valence-corrected chi connectivity index (χ3v) is 2.56. The number of nitrogens with zero attached hydrogens (tertiary/aromatic N) is 1. The molecule has 1 aliphatic rings. The minimum atomic E-state index is -0.383. The predicted octanol–water partition coefficient (Wildman–Crippen LogP) is -1.90. The summed E-state index contributed by atoms with van der Waals surface area (Å²) in [5, 5.41) is 8.43. The molecule has 0 aromatic carbocycles. The Bertz CT molecular complexity index is 256. The summed E-state index contributed by atoms with van der Waals surface area (Å²) in [6.45, 7) is 2.73. The van der Waals surface area contributed by atoms with Crippen molar-refractivity contribution in [1.29, 1.82) is 0 Å². The summed E-state index contributed by atoms with van der Waals surface area (Å²) in [6.07, 6.45) is -0.383. The third-order valence-electron chi connectivity index (χ3n) is 2.56. The van der Waals surface area contributed by atoms with E-state index in [9.17, 15) is 9.59 Å². The molecule has 1 heterocycles. The molecule has 1 aliphatic heterocycles. The number of carbonyl (C=O) groups excluding carboxylic acids is 2. The first-order valence-electron chi connectivity index (χ1n) is 5.02. The highest BCUT2D eigenvalue weighted by Gasteiger charge is 2.32. The van der Waals surface area contributed by atoms with Gasteiger partial charge in [-0.1, -0.05) is 0 Å². The van der Waals surface area contributed by atoms with E-state index >= 15 is 0 Å². The molecule has 2 amide bonds. The molecule has 1 rings (SSSR count). The minimum absolute atomic E-state index is 0.0411. The van der Waals surface area contributed by atoms with Crippen LogP contribution in [-0.2, 0) is 9.59 Å². The first kappa shape index (κ1) is 11.9. The highest BCUT2D eigenvalue weighted by molar-refractivity contribution is 5.88. The Balaban J connectivity index is 2.65. The molecule has 1 fully saturated rings. The monoisotopic (exact) mass is 214 g/mol. The van der Waals surface area contributed by atoms with Gasteiger partial charge in [-0.3, -0.25) is 20.2 Å². The highest BCUT2D eigenvalue weighted by atomic mass is 16.2. The maximum Gasteiger partial charge on any atom is 0.255 e. The van der Waals surface area contributed by atoms with Gasteiger partial charge < -0.3 is 10.2 Å². The van der Waals surface area contributed by atoms with Crippen LogP contribution in [0.25, 0.3) is 0 Å². The smallest absolute Gasteiger partial charge is 0.255 e. The van der Waals surface area contributed by atoms with Gasteiger partial charge in [0.2, 0.25) is 5.91 Å².